The van der Waals surface area contributed by atoms with Gasteiger partial charge in [-0.25, -0.2) is 0 Å². The van der Waals surface area contributed by atoms with Gasteiger partial charge in [0.15, 0.2) is 0 Å². The number of ether oxygens (including phenoxy) is 1. The predicted octanol–water partition coefficient (Wildman–Crippen LogP) is 5.14. The van der Waals surface area contributed by atoms with Gasteiger partial charge >= 0.3 is 0 Å². The number of rotatable bonds is 10. The van der Waals surface area contributed by atoms with E-state index in [1.54, 1.807) is 11.3 Å². The highest BCUT2D eigenvalue weighted by Gasteiger charge is 2.47. The summed E-state index contributed by atoms with van der Waals surface area (Å²) in [6.45, 7) is 5.97. The highest BCUT2D eigenvalue weighted by Crippen LogP contribution is 2.43. The zero-order valence-corrected chi connectivity index (χ0v) is 19.6. The molecule has 0 radical (unpaired) electrons. The first kappa shape index (κ1) is 21.9. The SMILES string of the molecule is CCNCC[C@@H](Oc1ccccc1N1CC(c2ccccc2)(N(C)C)C1)c1cccs1. The van der Waals surface area contributed by atoms with Gasteiger partial charge in [-0.1, -0.05) is 55.5 Å². The zero-order valence-electron chi connectivity index (χ0n) is 18.8. The Morgan fingerprint density at radius 3 is 2.45 bits per heavy atom. The minimum Gasteiger partial charge on any atom is -0.483 e. The van der Waals surface area contributed by atoms with E-state index in [-0.39, 0.29) is 11.6 Å². The van der Waals surface area contributed by atoms with Crippen LogP contribution in [0.2, 0.25) is 0 Å². The Morgan fingerprint density at radius 2 is 1.77 bits per heavy atom. The fraction of sp³-hybridized carbons (Fsp3) is 0.385. The molecule has 0 saturated carbocycles. The Morgan fingerprint density at radius 1 is 1.03 bits per heavy atom. The fourth-order valence-corrected chi connectivity index (χ4v) is 5.13. The van der Waals surface area contributed by atoms with E-state index in [0.717, 1.165) is 38.3 Å². The van der Waals surface area contributed by atoms with Crippen molar-refractivity contribution < 1.29 is 4.74 Å². The van der Waals surface area contributed by atoms with Gasteiger partial charge in [-0.05, 0) is 56.3 Å². The minimum absolute atomic E-state index is 0.0343. The van der Waals surface area contributed by atoms with Gasteiger partial charge in [-0.3, -0.25) is 4.90 Å². The lowest BCUT2D eigenvalue weighted by Crippen LogP contribution is -2.66. The van der Waals surface area contributed by atoms with Crippen LogP contribution in [0.5, 0.6) is 5.75 Å². The lowest BCUT2D eigenvalue weighted by molar-refractivity contribution is 0.110. The Balaban J connectivity index is 1.54. The number of anilines is 1. The van der Waals surface area contributed by atoms with Crippen LogP contribution in [0.1, 0.15) is 29.9 Å². The molecule has 0 amide bonds. The third-order valence-electron chi connectivity index (χ3n) is 6.24. The maximum atomic E-state index is 6.64. The number of hydrogen-bond acceptors (Lipinski definition) is 5. The number of hydrogen-bond donors (Lipinski definition) is 1. The highest BCUT2D eigenvalue weighted by atomic mass is 32.1. The molecule has 1 aliphatic heterocycles. The molecule has 3 aromatic rings. The van der Waals surface area contributed by atoms with Crippen LogP contribution in [-0.4, -0.2) is 45.2 Å². The van der Waals surface area contributed by atoms with E-state index in [0.29, 0.717) is 0 Å². The summed E-state index contributed by atoms with van der Waals surface area (Å²) in [5.41, 5.74) is 2.59. The molecule has 2 aromatic carbocycles. The summed E-state index contributed by atoms with van der Waals surface area (Å²) < 4.78 is 6.64. The third-order valence-corrected chi connectivity index (χ3v) is 7.21. The van der Waals surface area contributed by atoms with Crippen molar-refractivity contribution in [3.8, 4) is 5.75 Å². The van der Waals surface area contributed by atoms with Crippen LogP contribution in [0.15, 0.2) is 72.1 Å². The maximum Gasteiger partial charge on any atom is 0.143 e. The van der Waals surface area contributed by atoms with Crippen LogP contribution in [0, 0.1) is 0 Å². The van der Waals surface area contributed by atoms with Crippen LogP contribution in [0.25, 0.3) is 0 Å². The summed E-state index contributed by atoms with van der Waals surface area (Å²) in [5, 5.41) is 5.57. The molecule has 4 rings (SSSR count). The first-order chi connectivity index (χ1) is 15.1. The van der Waals surface area contributed by atoms with E-state index < -0.39 is 0 Å². The standard InChI is InChI=1S/C26H33N3OS/c1-4-27-17-16-24(25-15-10-18-31-25)30-23-14-9-8-13-22(23)29-19-26(20-29,28(2)3)21-11-6-5-7-12-21/h5-15,18,24,27H,4,16-17,19-20H2,1-3H3/t24-/m1/s1. The molecule has 0 spiro atoms. The Labute approximate surface area is 190 Å². The molecule has 1 atom stereocenters. The first-order valence-corrected chi connectivity index (χ1v) is 12.0. The summed E-state index contributed by atoms with van der Waals surface area (Å²) in [5.74, 6) is 0.970. The number of likely N-dealkylation sites (N-methyl/N-ethyl adjacent to an activating group) is 1. The van der Waals surface area contributed by atoms with E-state index in [1.807, 2.05) is 0 Å². The molecule has 4 nitrogen and oxygen atoms in total. The topological polar surface area (TPSA) is 27.7 Å². The Kier molecular flexibility index (Phi) is 6.96. The normalized spacial score (nSPS) is 16.2. The van der Waals surface area contributed by atoms with E-state index in [4.69, 9.17) is 4.74 Å². The summed E-state index contributed by atoms with van der Waals surface area (Å²) >= 11 is 1.77. The van der Waals surface area contributed by atoms with Crippen LogP contribution in [0.4, 0.5) is 5.69 Å². The minimum atomic E-state index is 0.0343. The fourth-order valence-electron chi connectivity index (χ4n) is 4.34. The molecule has 0 bridgehead atoms. The van der Waals surface area contributed by atoms with Gasteiger partial charge in [0.2, 0.25) is 0 Å². The molecule has 31 heavy (non-hydrogen) atoms. The molecule has 0 unspecified atom stereocenters. The monoisotopic (exact) mass is 435 g/mol. The second-order valence-corrected chi connectivity index (χ2v) is 9.36. The van der Waals surface area contributed by atoms with Crippen molar-refractivity contribution in [2.24, 2.45) is 0 Å². The molecule has 164 valence electrons. The van der Waals surface area contributed by atoms with Crippen molar-refractivity contribution in [2.45, 2.75) is 25.0 Å². The van der Waals surface area contributed by atoms with Gasteiger partial charge in [-0.15, -0.1) is 11.3 Å². The average Bonchev–Trinajstić information content (AvgIpc) is 3.29. The molecule has 1 fully saturated rings. The van der Waals surface area contributed by atoms with Gasteiger partial charge < -0.3 is 15.0 Å². The van der Waals surface area contributed by atoms with Crippen LogP contribution < -0.4 is 15.0 Å². The smallest absolute Gasteiger partial charge is 0.143 e. The molecule has 1 aromatic heterocycles. The van der Waals surface area contributed by atoms with Crippen LogP contribution in [-0.2, 0) is 5.54 Å². The van der Waals surface area contributed by atoms with Gasteiger partial charge in [0.05, 0.1) is 11.2 Å². The van der Waals surface area contributed by atoms with Gasteiger partial charge in [-0.2, -0.15) is 0 Å². The second kappa shape index (κ2) is 9.86. The number of nitrogens with one attached hydrogen (secondary N) is 1. The van der Waals surface area contributed by atoms with E-state index in [9.17, 15) is 0 Å². The molecule has 0 aliphatic carbocycles. The van der Waals surface area contributed by atoms with Gasteiger partial charge in [0.1, 0.15) is 11.9 Å². The van der Waals surface area contributed by atoms with Crippen molar-refractivity contribution in [1.29, 1.82) is 0 Å². The van der Waals surface area contributed by atoms with Crippen molar-refractivity contribution in [3.05, 3.63) is 82.6 Å². The van der Waals surface area contributed by atoms with E-state index in [1.165, 1.54) is 16.1 Å². The number of para-hydroxylation sites is 2. The maximum absolute atomic E-state index is 6.64. The molecule has 1 saturated heterocycles. The summed E-state index contributed by atoms with van der Waals surface area (Å²) in [4.78, 5) is 6.08. The first-order valence-electron chi connectivity index (χ1n) is 11.1. The van der Waals surface area contributed by atoms with E-state index >= 15 is 0 Å². The number of nitrogens with zero attached hydrogens (tertiary/aromatic N) is 2. The lowest BCUT2D eigenvalue weighted by Gasteiger charge is -2.55. The second-order valence-electron chi connectivity index (χ2n) is 8.38. The van der Waals surface area contributed by atoms with Crippen LogP contribution in [0.3, 0.4) is 0 Å². The van der Waals surface area contributed by atoms with Crippen molar-refractivity contribution in [3.63, 3.8) is 0 Å². The molecule has 5 heteroatoms. The van der Waals surface area contributed by atoms with Gasteiger partial charge in [0, 0.05) is 24.4 Å². The largest absolute Gasteiger partial charge is 0.483 e. The third kappa shape index (κ3) is 4.64. The summed E-state index contributed by atoms with van der Waals surface area (Å²) in [7, 11) is 4.36. The molecule has 1 N–H and O–H groups in total. The van der Waals surface area contributed by atoms with Crippen molar-refractivity contribution >= 4 is 17.0 Å². The Hall–Kier alpha value is -2.34. The molecular weight excluding hydrogens is 402 g/mol. The number of thiophene rings is 1. The lowest BCUT2D eigenvalue weighted by atomic mass is 9.80. The predicted molar refractivity (Wildman–Crippen MR) is 131 cm³/mol. The van der Waals surface area contributed by atoms with Crippen LogP contribution >= 0.6 is 11.3 Å². The molecular formula is C26H33N3OS. The average molecular weight is 436 g/mol. The van der Waals surface area contributed by atoms with Crippen molar-refractivity contribution in [2.75, 3.05) is 45.2 Å². The van der Waals surface area contributed by atoms with E-state index in [2.05, 4.69) is 108 Å². The quantitative estimate of drug-likeness (QED) is 0.446. The zero-order chi connectivity index (χ0) is 21.7. The molecule has 2 heterocycles. The molecule has 1 aliphatic rings. The van der Waals surface area contributed by atoms with Crippen molar-refractivity contribution in [1.82, 2.24) is 10.2 Å². The summed E-state index contributed by atoms with van der Waals surface area (Å²) in [6.07, 6.45) is 1.02. The number of benzene rings is 2. The highest BCUT2D eigenvalue weighted by molar-refractivity contribution is 7.10. The van der Waals surface area contributed by atoms with Gasteiger partial charge in [0.25, 0.3) is 0 Å². The Bertz CT molecular complexity index is 936. The summed E-state index contributed by atoms with van der Waals surface area (Å²) in [6, 6.07) is 23.6.